The molecule has 0 aliphatic heterocycles. The molecular formula is C14H20ClN3O. The second-order valence-corrected chi connectivity index (χ2v) is 5.31. The zero-order chi connectivity index (χ0) is 13.7. The molecule has 0 N–H and O–H groups in total. The average molecular weight is 282 g/mol. The van der Waals surface area contributed by atoms with E-state index in [9.17, 15) is 0 Å². The monoisotopic (exact) mass is 281 g/mol. The van der Waals surface area contributed by atoms with Gasteiger partial charge in [-0.05, 0) is 32.3 Å². The Bertz CT molecular complexity index is 524. The van der Waals surface area contributed by atoms with Crippen LogP contribution in [0.2, 0.25) is 0 Å². The molecule has 2 heterocycles. The van der Waals surface area contributed by atoms with E-state index < -0.39 is 0 Å². The van der Waals surface area contributed by atoms with Crippen LogP contribution in [0.15, 0.2) is 18.5 Å². The zero-order valence-corrected chi connectivity index (χ0v) is 12.2. The van der Waals surface area contributed by atoms with E-state index in [1.807, 2.05) is 13.0 Å². The molecule has 4 nitrogen and oxygen atoms in total. The van der Waals surface area contributed by atoms with Gasteiger partial charge >= 0.3 is 0 Å². The molecule has 5 heteroatoms. The van der Waals surface area contributed by atoms with Gasteiger partial charge in [0, 0.05) is 26.5 Å². The number of pyridine rings is 1. The van der Waals surface area contributed by atoms with Gasteiger partial charge in [0.2, 0.25) is 0 Å². The van der Waals surface area contributed by atoms with Gasteiger partial charge < -0.3 is 9.30 Å². The van der Waals surface area contributed by atoms with Crippen LogP contribution in [0.4, 0.5) is 0 Å². The molecule has 0 aliphatic carbocycles. The molecule has 0 bridgehead atoms. The van der Waals surface area contributed by atoms with Gasteiger partial charge in [-0.15, -0.1) is 11.6 Å². The standard InChI is InChI=1S/C14H20ClN3O/c1-11(15)14-17-12-10-16-7-6-13(12)18(14)8-4-3-5-9-19-2/h6-7,10-11H,3-5,8-9H2,1-2H3. The maximum absolute atomic E-state index is 6.22. The third-order valence-electron chi connectivity index (χ3n) is 3.17. The first-order valence-corrected chi connectivity index (χ1v) is 7.11. The van der Waals surface area contributed by atoms with Crippen LogP contribution in [-0.2, 0) is 11.3 Å². The van der Waals surface area contributed by atoms with Crippen LogP contribution < -0.4 is 0 Å². The third kappa shape index (κ3) is 3.45. The van der Waals surface area contributed by atoms with Crippen LogP contribution in [-0.4, -0.2) is 28.3 Å². The summed E-state index contributed by atoms with van der Waals surface area (Å²) in [5.41, 5.74) is 2.03. The van der Waals surface area contributed by atoms with E-state index in [0.29, 0.717) is 0 Å². The Morgan fingerprint density at radius 2 is 2.21 bits per heavy atom. The van der Waals surface area contributed by atoms with E-state index in [4.69, 9.17) is 16.3 Å². The minimum atomic E-state index is -0.0913. The van der Waals surface area contributed by atoms with Gasteiger partial charge in [0.25, 0.3) is 0 Å². The first kappa shape index (κ1) is 14.3. The Hall–Kier alpha value is -1.13. The van der Waals surface area contributed by atoms with Crippen molar-refractivity contribution in [2.24, 2.45) is 0 Å². The van der Waals surface area contributed by atoms with Crippen LogP contribution in [0.5, 0.6) is 0 Å². The molecule has 0 spiro atoms. The number of halogens is 1. The molecule has 0 amide bonds. The quantitative estimate of drug-likeness (QED) is 0.576. The molecule has 0 saturated heterocycles. The summed E-state index contributed by atoms with van der Waals surface area (Å²) in [7, 11) is 1.74. The fraction of sp³-hybridized carbons (Fsp3) is 0.571. The van der Waals surface area contributed by atoms with Gasteiger partial charge in [-0.2, -0.15) is 0 Å². The summed E-state index contributed by atoms with van der Waals surface area (Å²) < 4.78 is 7.27. The van der Waals surface area contributed by atoms with Gasteiger partial charge in [0.15, 0.2) is 0 Å². The van der Waals surface area contributed by atoms with Crippen LogP contribution in [0.3, 0.4) is 0 Å². The average Bonchev–Trinajstić information content (AvgIpc) is 2.78. The maximum Gasteiger partial charge on any atom is 0.127 e. The Kier molecular flexibility index (Phi) is 5.16. The van der Waals surface area contributed by atoms with Crippen LogP contribution >= 0.6 is 11.6 Å². The smallest absolute Gasteiger partial charge is 0.127 e. The number of alkyl halides is 1. The van der Waals surface area contributed by atoms with E-state index in [1.165, 1.54) is 0 Å². The Balaban J connectivity index is 2.13. The predicted octanol–water partition coefficient (Wildman–Crippen LogP) is 3.55. The molecule has 2 rings (SSSR count). The molecule has 0 saturated carbocycles. The molecule has 2 aromatic rings. The van der Waals surface area contributed by atoms with Crippen molar-refractivity contribution in [3.63, 3.8) is 0 Å². The number of nitrogens with zero attached hydrogens (tertiary/aromatic N) is 3. The molecule has 0 radical (unpaired) electrons. The predicted molar refractivity (Wildman–Crippen MR) is 77.5 cm³/mol. The highest BCUT2D eigenvalue weighted by atomic mass is 35.5. The maximum atomic E-state index is 6.22. The van der Waals surface area contributed by atoms with E-state index >= 15 is 0 Å². The number of imidazole rings is 1. The number of hydrogen-bond acceptors (Lipinski definition) is 3. The van der Waals surface area contributed by atoms with Gasteiger partial charge in [0.1, 0.15) is 11.3 Å². The first-order valence-electron chi connectivity index (χ1n) is 6.67. The zero-order valence-electron chi connectivity index (χ0n) is 11.5. The molecule has 0 aromatic carbocycles. The van der Waals surface area contributed by atoms with Crippen molar-refractivity contribution in [1.29, 1.82) is 0 Å². The van der Waals surface area contributed by atoms with Crippen molar-refractivity contribution in [1.82, 2.24) is 14.5 Å². The van der Waals surface area contributed by atoms with E-state index in [0.717, 1.165) is 49.3 Å². The van der Waals surface area contributed by atoms with Gasteiger partial charge in [-0.25, -0.2) is 4.98 Å². The number of unbranched alkanes of at least 4 members (excludes halogenated alkanes) is 2. The minimum Gasteiger partial charge on any atom is -0.385 e. The van der Waals surface area contributed by atoms with Crippen molar-refractivity contribution >= 4 is 22.6 Å². The SMILES string of the molecule is COCCCCCn1c(C(C)Cl)nc2cnccc21. The summed E-state index contributed by atoms with van der Waals surface area (Å²) in [6.07, 6.45) is 6.94. The van der Waals surface area contributed by atoms with E-state index in [1.54, 1.807) is 19.5 Å². The summed E-state index contributed by atoms with van der Waals surface area (Å²) in [5, 5.41) is -0.0913. The van der Waals surface area contributed by atoms with Crippen LogP contribution in [0, 0.1) is 0 Å². The lowest BCUT2D eigenvalue weighted by atomic mass is 10.2. The Morgan fingerprint density at radius 3 is 2.95 bits per heavy atom. The topological polar surface area (TPSA) is 39.9 Å². The lowest BCUT2D eigenvalue weighted by Crippen LogP contribution is -2.05. The largest absolute Gasteiger partial charge is 0.385 e. The van der Waals surface area contributed by atoms with Crippen LogP contribution in [0.25, 0.3) is 11.0 Å². The van der Waals surface area contributed by atoms with Crippen molar-refractivity contribution < 1.29 is 4.74 Å². The van der Waals surface area contributed by atoms with Crippen LogP contribution in [0.1, 0.15) is 37.4 Å². The summed E-state index contributed by atoms with van der Waals surface area (Å²) in [4.78, 5) is 8.68. The second kappa shape index (κ2) is 6.87. The molecule has 1 unspecified atom stereocenters. The van der Waals surface area contributed by atoms with Gasteiger partial charge in [0.05, 0.1) is 17.1 Å². The highest BCUT2D eigenvalue weighted by Crippen LogP contribution is 2.24. The highest BCUT2D eigenvalue weighted by molar-refractivity contribution is 6.20. The van der Waals surface area contributed by atoms with Crippen molar-refractivity contribution in [2.75, 3.05) is 13.7 Å². The number of aryl methyl sites for hydroxylation is 1. The molecule has 0 aliphatic rings. The normalized spacial score (nSPS) is 13.0. The summed E-state index contributed by atoms with van der Waals surface area (Å²) in [6.45, 7) is 3.72. The number of methoxy groups -OCH3 is 1. The molecule has 19 heavy (non-hydrogen) atoms. The van der Waals surface area contributed by atoms with Crippen molar-refractivity contribution in [2.45, 2.75) is 38.1 Å². The third-order valence-corrected chi connectivity index (χ3v) is 3.36. The van der Waals surface area contributed by atoms with Crippen molar-refractivity contribution in [3.8, 4) is 0 Å². The Labute approximate surface area is 118 Å². The fourth-order valence-corrected chi connectivity index (χ4v) is 2.40. The number of hydrogen-bond donors (Lipinski definition) is 0. The minimum absolute atomic E-state index is 0.0913. The number of fused-ring (bicyclic) bond motifs is 1. The molecule has 2 aromatic heterocycles. The number of aromatic nitrogens is 3. The summed E-state index contributed by atoms with van der Waals surface area (Å²) >= 11 is 6.22. The van der Waals surface area contributed by atoms with E-state index in [2.05, 4.69) is 14.5 Å². The second-order valence-electron chi connectivity index (χ2n) is 4.66. The van der Waals surface area contributed by atoms with Gasteiger partial charge in [-0.1, -0.05) is 0 Å². The fourth-order valence-electron chi connectivity index (χ4n) is 2.23. The molecular weight excluding hydrogens is 262 g/mol. The number of rotatable bonds is 7. The lowest BCUT2D eigenvalue weighted by Gasteiger charge is -2.10. The highest BCUT2D eigenvalue weighted by Gasteiger charge is 2.14. The number of ether oxygens (including phenoxy) is 1. The van der Waals surface area contributed by atoms with Gasteiger partial charge in [-0.3, -0.25) is 4.98 Å². The Morgan fingerprint density at radius 1 is 1.37 bits per heavy atom. The lowest BCUT2D eigenvalue weighted by molar-refractivity contribution is 0.191. The first-order chi connectivity index (χ1) is 9.24. The van der Waals surface area contributed by atoms with E-state index in [-0.39, 0.29) is 5.38 Å². The molecule has 104 valence electrons. The van der Waals surface area contributed by atoms with Crippen molar-refractivity contribution in [3.05, 3.63) is 24.3 Å². The summed E-state index contributed by atoms with van der Waals surface area (Å²) in [5.74, 6) is 0.927. The summed E-state index contributed by atoms with van der Waals surface area (Å²) in [6, 6.07) is 2.00. The molecule has 0 fully saturated rings. The molecule has 1 atom stereocenters.